The van der Waals surface area contributed by atoms with Gasteiger partial charge in [-0.05, 0) is 54.4 Å². The zero-order valence-electron chi connectivity index (χ0n) is 18.5. The largest absolute Gasteiger partial charge is 0.378 e. The number of nitrogens with zero attached hydrogens (tertiary/aromatic N) is 3. The van der Waals surface area contributed by atoms with Gasteiger partial charge >= 0.3 is 0 Å². The molecular weight excluding hydrogens is 408 g/mol. The molecule has 0 bridgehead atoms. The molecule has 2 aromatic carbocycles. The molecule has 2 aliphatic rings. The maximum Gasteiger partial charge on any atom is 0.254 e. The molecule has 1 fully saturated rings. The van der Waals surface area contributed by atoms with E-state index in [1.165, 1.54) is 11.8 Å². The quantitative estimate of drug-likeness (QED) is 0.777. The molecule has 1 N–H and O–H groups in total. The number of nitrogens with one attached hydrogen (secondary N) is 1. The lowest BCUT2D eigenvalue weighted by molar-refractivity contribution is -0.117. The standard InChI is InChI=1S/C24H28N4O4/c1-17(29)28-10-9-18-15-19(3-8-22(18)28)24(31)26(2)16-23(30)25-20-4-6-21(7-5-20)27-11-13-32-14-12-27/h3-8,15H,9-14,16H2,1-2H3,(H,25,30). The first kappa shape index (κ1) is 21.8. The maximum absolute atomic E-state index is 12.8. The van der Waals surface area contributed by atoms with Crippen molar-refractivity contribution >= 4 is 34.8 Å². The summed E-state index contributed by atoms with van der Waals surface area (Å²) in [6.07, 6.45) is 0.723. The Morgan fingerprint density at radius 1 is 1.03 bits per heavy atom. The van der Waals surface area contributed by atoms with Crippen molar-refractivity contribution in [3.63, 3.8) is 0 Å². The lowest BCUT2D eigenvalue weighted by Crippen LogP contribution is -2.36. The minimum atomic E-state index is -0.260. The lowest BCUT2D eigenvalue weighted by atomic mass is 10.1. The van der Waals surface area contributed by atoms with Gasteiger partial charge in [0.25, 0.3) is 5.91 Å². The number of carbonyl (C=O) groups excluding carboxylic acids is 3. The van der Waals surface area contributed by atoms with E-state index in [-0.39, 0.29) is 24.3 Å². The number of anilines is 3. The number of rotatable bonds is 5. The number of hydrogen-bond acceptors (Lipinski definition) is 5. The number of carbonyl (C=O) groups is 3. The molecule has 2 aliphatic heterocycles. The van der Waals surface area contributed by atoms with Crippen LogP contribution < -0.4 is 15.1 Å². The minimum Gasteiger partial charge on any atom is -0.378 e. The van der Waals surface area contributed by atoms with Gasteiger partial charge in [0.1, 0.15) is 0 Å². The number of likely N-dealkylation sites (N-methyl/N-ethyl adjacent to an activating group) is 1. The van der Waals surface area contributed by atoms with Crippen LogP contribution in [0.3, 0.4) is 0 Å². The van der Waals surface area contributed by atoms with Crippen LogP contribution >= 0.6 is 0 Å². The van der Waals surface area contributed by atoms with E-state index in [9.17, 15) is 14.4 Å². The average molecular weight is 437 g/mol. The first-order valence-electron chi connectivity index (χ1n) is 10.8. The Morgan fingerprint density at radius 2 is 1.75 bits per heavy atom. The van der Waals surface area contributed by atoms with Crippen LogP contribution in [0.15, 0.2) is 42.5 Å². The number of ether oxygens (including phenoxy) is 1. The molecule has 168 valence electrons. The van der Waals surface area contributed by atoms with Crippen molar-refractivity contribution in [2.45, 2.75) is 13.3 Å². The molecule has 0 aromatic heterocycles. The van der Waals surface area contributed by atoms with Crippen LogP contribution in [0.5, 0.6) is 0 Å². The van der Waals surface area contributed by atoms with E-state index in [2.05, 4.69) is 10.2 Å². The van der Waals surface area contributed by atoms with Gasteiger partial charge in [0.2, 0.25) is 11.8 Å². The number of amides is 3. The molecule has 8 nitrogen and oxygen atoms in total. The molecule has 0 unspecified atom stereocenters. The Bertz CT molecular complexity index is 1020. The molecular formula is C24H28N4O4. The summed E-state index contributed by atoms with van der Waals surface area (Å²) in [6.45, 7) is 5.26. The highest BCUT2D eigenvalue weighted by atomic mass is 16.5. The Kier molecular flexibility index (Phi) is 6.41. The van der Waals surface area contributed by atoms with Crippen LogP contribution in [-0.2, 0) is 20.7 Å². The van der Waals surface area contributed by atoms with E-state index >= 15 is 0 Å². The van der Waals surface area contributed by atoms with E-state index in [1.807, 2.05) is 30.3 Å². The van der Waals surface area contributed by atoms with Crippen molar-refractivity contribution in [3.05, 3.63) is 53.6 Å². The fraction of sp³-hybridized carbons (Fsp3) is 0.375. The van der Waals surface area contributed by atoms with E-state index in [0.29, 0.717) is 17.8 Å². The third kappa shape index (κ3) is 4.75. The zero-order chi connectivity index (χ0) is 22.7. The van der Waals surface area contributed by atoms with E-state index in [1.54, 1.807) is 24.1 Å². The van der Waals surface area contributed by atoms with E-state index in [4.69, 9.17) is 4.74 Å². The molecule has 2 aromatic rings. The average Bonchev–Trinajstić information content (AvgIpc) is 3.23. The van der Waals surface area contributed by atoms with Crippen LogP contribution in [0.4, 0.5) is 17.1 Å². The molecule has 2 heterocycles. The van der Waals surface area contributed by atoms with Crippen LogP contribution in [0, 0.1) is 0 Å². The second-order valence-electron chi connectivity index (χ2n) is 8.12. The van der Waals surface area contributed by atoms with Gasteiger partial charge in [0.15, 0.2) is 0 Å². The fourth-order valence-electron chi connectivity index (χ4n) is 4.15. The first-order valence-corrected chi connectivity index (χ1v) is 10.8. The van der Waals surface area contributed by atoms with Gasteiger partial charge in [-0.25, -0.2) is 0 Å². The highest BCUT2D eigenvalue weighted by Crippen LogP contribution is 2.29. The Balaban J connectivity index is 1.33. The van der Waals surface area contributed by atoms with Gasteiger partial charge in [-0.3, -0.25) is 14.4 Å². The summed E-state index contributed by atoms with van der Waals surface area (Å²) in [5.74, 6) is -0.495. The van der Waals surface area contributed by atoms with Gasteiger partial charge in [-0.1, -0.05) is 0 Å². The molecule has 4 rings (SSSR count). The Morgan fingerprint density at radius 3 is 2.44 bits per heavy atom. The van der Waals surface area contributed by atoms with Crippen molar-refractivity contribution in [1.82, 2.24) is 4.90 Å². The van der Waals surface area contributed by atoms with Gasteiger partial charge in [0, 0.05) is 56.2 Å². The maximum atomic E-state index is 12.8. The van der Waals surface area contributed by atoms with Gasteiger partial charge in [-0.2, -0.15) is 0 Å². The summed E-state index contributed by atoms with van der Waals surface area (Å²) in [6, 6.07) is 13.0. The Hall–Kier alpha value is -3.39. The molecule has 0 atom stereocenters. The van der Waals surface area contributed by atoms with Crippen LogP contribution in [-0.4, -0.2) is 69.1 Å². The predicted octanol–water partition coefficient (Wildman–Crippen LogP) is 2.14. The van der Waals surface area contributed by atoms with Crippen molar-refractivity contribution in [2.24, 2.45) is 0 Å². The van der Waals surface area contributed by atoms with Crippen molar-refractivity contribution in [2.75, 3.05) is 61.6 Å². The first-order chi connectivity index (χ1) is 15.4. The molecule has 3 amide bonds. The molecule has 8 heteroatoms. The summed E-state index contributed by atoms with van der Waals surface area (Å²) in [5.41, 5.74) is 4.13. The lowest BCUT2D eigenvalue weighted by Gasteiger charge is -2.28. The van der Waals surface area contributed by atoms with Crippen molar-refractivity contribution in [3.8, 4) is 0 Å². The summed E-state index contributed by atoms with van der Waals surface area (Å²) < 4.78 is 5.38. The summed E-state index contributed by atoms with van der Waals surface area (Å²) in [4.78, 5) is 42.4. The molecule has 0 radical (unpaired) electrons. The van der Waals surface area contributed by atoms with Crippen LogP contribution in [0.25, 0.3) is 0 Å². The fourth-order valence-corrected chi connectivity index (χ4v) is 4.15. The molecule has 0 aliphatic carbocycles. The topological polar surface area (TPSA) is 82.2 Å². The highest BCUT2D eigenvalue weighted by Gasteiger charge is 2.24. The van der Waals surface area contributed by atoms with E-state index < -0.39 is 0 Å². The number of morpholine rings is 1. The Labute approximate surface area is 187 Å². The molecule has 32 heavy (non-hydrogen) atoms. The number of hydrogen-bond donors (Lipinski definition) is 1. The predicted molar refractivity (Wildman–Crippen MR) is 123 cm³/mol. The second-order valence-corrected chi connectivity index (χ2v) is 8.12. The summed E-state index contributed by atoms with van der Waals surface area (Å²) in [5, 5.41) is 2.85. The summed E-state index contributed by atoms with van der Waals surface area (Å²) in [7, 11) is 1.61. The SMILES string of the molecule is CC(=O)N1CCc2cc(C(=O)N(C)CC(=O)Nc3ccc(N4CCOCC4)cc3)ccc21. The second kappa shape index (κ2) is 9.40. The van der Waals surface area contributed by atoms with Crippen molar-refractivity contribution in [1.29, 1.82) is 0 Å². The van der Waals surface area contributed by atoms with Gasteiger partial charge in [-0.15, -0.1) is 0 Å². The smallest absolute Gasteiger partial charge is 0.254 e. The molecule has 1 saturated heterocycles. The van der Waals surface area contributed by atoms with Crippen LogP contribution in [0.2, 0.25) is 0 Å². The van der Waals surface area contributed by atoms with Gasteiger partial charge in [0.05, 0.1) is 19.8 Å². The molecule has 0 saturated carbocycles. The third-order valence-electron chi connectivity index (χ3n) is 5.86. The third-order valence-corrected chi connectivity index (χ3v) is 5.86. The monoisotopic (exact) mass is 436 g/mol. The zero-order valence-corrected chi connectivity index (χ0v) is 18.5. The minimum absolute atomic E-state index is 0.00501. The van der Waals surface area contributed by atoms with Crippen LogP contribution in [0.1, 0.15) is 22.8 Å². The number of fused-ring (bicyclic) bond motifs is 1. The van der Waals surface area contributed by atoms with Crippen molar-refractivity contribution < 1.29 is 19.1 Å². The van der Waals surface area contributed by atoms with Gasteiger partial charge < -0.3 is 24.8 Å². The molecule has 0 spiro atoms. The highest BCUT2D eigenvalue weighted by molar-refractivity contribution is 6.00. The number of benzene rings is 2. The normalized spacial score (nSPS) is 15.3. The summed E-state index contributed by atoms with van der Waals surface area (Å²) >= 11 is 0. The van der Waals surface area contributed by atoms with E-state index in [0.717, 1.165) is 49.7 Å².